The fraction of sp³-hybridized carbons (Fsp3) is 0.235. The zero-order valence-corrected chi connectivity index (χ0v) is 15.0. The van der Waals surface area contributed by atoms with Gasteiger partial charge in [-0.1, -0.05) is 22.0 Å². The molecule has 2 rings (SSSR count). The van der Waals surface area contributed by atoms with E-state index in [4.69, 9.17) is 4.74 Å². The molecule has 1 aromatic heterocycles. The number of hydrogen-bond donors (Lipinski definition) is 2. The highest BCUT2D eigenvalue weighted by Crippen LogP contribution is 2.21. The number of aryl methyl sites for hydroxylation is 1. The van der Waals surface area contributed by atoms with E-state index >= 15 is 0 Å². The molecular weight excluding hydrogens is 374 g/mol. The van der Waals surface area contributed by atoms with Gasteiger partial charge in [0.15, 0.2) is 0 Å². The third-order valence-corrected chi connectivity index (χ3v) is 4.14. The van der Waals surface area contributed by atoms with Gasteiger partial charge in [0.05, 0.1) is 17.7 Å². The molecular formula is C17H18BrN3O3. The summed E-state index contributed by atoms with van der Waals surface area (Å²) in [5.74, 6) is -0.628. The first-order valence-electron chi connectivity index (χ1n) is 7.31. The van der Waals surface area contributed by atoms with Crippen LogP contribution in [-0.4, -0.2) is 37.1 Å². The monoisotopic (exact) mass is 391 g/mol. The molecule has 126 valence electrons. The molecule has 7 heteroatoms. The van der Waals surface area contributed by atoms with Crippen LogP contribution in [0.2, 0.25) is 0 Å². The van der Waals surface area contributed by atoms with Crippen LogP contribution in [-0.2, 0) is 4.74 Å². The number of halogens is 1. The molecule has 0 fully saturated rings. The van der Waals surface area contributed by atoms with E-state index < -0.39 is 0 Å². The van der Waals surface area contributed by atoms with Crippen molar-refractivity contribution in [2.24, 2.45) is 0 Å². The van der Waals surface area contributed by atoms with Crippen LogP contribution >= 0.6 is 15.9 Å². The molecule has 0 unspecified atom stereocenters. The van der Waals surface area contributed by atoms with E-state index in [0.717, 1.165) is 10.0 Å². The van der Waals surface area contributed by atoms with Gasteiger partial charge in [-0.05, 0) is 30.7 Å². The van der Waals surface area contributed by atoms with Gasteiger partial charge >= 0.3 is 0 Å². The summed E-state index contributed by atoms with van der Waals surface area (Å²) in [6.07, 6.45) is 2.84. The number of carbonyl (C=O) groups is 2. The average Bonchev–Trinajstić information content (AvgIpc) is 2.58. The first kappa shape index (κ1) is 18.1. The van der Waals surface area contributed by atoms with Crippen molar-refractivity contribution >= 4 is 33.4 Å². The molecule has 0 bridgehead atoms. The van der Waals surface area contributed by atoms with Crippen LogP contribution in [0.25, 0.3) is 0 Å². The van der Waals surface area contributed by atoms with Gasteiger partial charge in [0.2, 0.25) is 0 Å². The van der Waals surface area contributed by atoms with E-state index in [9.17, 15) is 9.59 Å². The number of hydrogen-bond acceptors (Lipinski definition) is 4. The Morgan fingerprint density at radius 2 is 1.88 bits per heavy atom. The normalized spacial score (nSPS) is 10.3. The zero-order chi connectivity index (χ0) is 17.5. The largest absolute Gasteiger partial charge is 0.383 e. The highest BCUT2D eigenvalue weighted by Gasteiger charge is 2.12. The third-order valence-electron chi connectivity index (χ3n) is 3.28. The highest BCUT2D eigenvalue weighted by molar-refractivity contribution is 9.10. The summed E-state index contributed by atoms with van der Waals surface area (Å²) in [5, 5.41) is 5.47. The summed E-state index contributed by atoms with van der Waals surface area (Å²) in [4.78, 5) is 28.3. The third kappa shape index (κ3) is 4.87. The van der Waals surface area contributed by atoms with Crippen molar-refractivity contribution in [1.82, 2.24) is 10.3 Å². The second-order valence-corrected chi connectivity index (χ2v) is 5.98. The SMILES string of the molecule is COCCNC(=O)c1cncc(C(=O)Nc2ccc(C)c(Br)c2)c1. The minimum atomic E-state index is -0.329. The van der Waals surface area contributed by atoms with E-state index in [1.54, 1.807) is 7.11 Å². The Hall–Kier alpha value is -2.25. The van der Waals surface area contributed by atoms with Crippen LogP contribution in [0.3, 0.4) is 0 Å². The van der Waals surface area contributed by atoms with Crippen LogP contribution in [0.1, 0.15) is 26.3 Å². The van der Waals surface area contributed by atoms with Gasteiger partial charge in [-0.15, -0.1) is 0 Å². The molecule has 2 amide bonds. The quantitative estimate of drug-likeness (QED) is 0.741. The maximum absolute atomic E-state index is 12.3. The standard InChI is InChI=1S/C17H18BrN3O3/c1-11-3-4-14(8-15(11)18)21-17(23)13-7-12(9-19-10-13)16(22)20-5-6-24-2/h3-4,7-10H,5-6H2,1-2H3,(H,20,22)(H,21,23). The number of aromatic nitrogens is 1. The van der Waals surface area contributed by atoms with Crippen LogP contribution in [0.4, 0.5) is 5.69 Å². The van der Waals surface area contributed by atoms with Crippen LogP contribution < -0.4 is 10.6 Å². The summed E-state index contributed by atoms with van der Waals surface area (Å²) in [5.41, 5.74) is 2.37. The summed E-state index contributed by atoms with van der Waals surface area (Å²) in [6.45, 7) is 2.77. The molecule has 0 atom stereocenters. The van der Waals surface area contributed by atoms with Crippen molar-refractivity contribution in [2.75, 3.05) is 25.6 Å². The first-order valence-corrected chi connectivity index (χ1v) is 8.10. The van der Waals surface area contributed by atoms with Crippen molar-refractivity contribution in [3.05, 3.63) is 57.8 Å². The van der Waals surface area contributed by atoms with E-state index in [1.807, 2.05) is 25.1 Å². The van der Waals surface area contributed by atoms with Gasteiger partial charge in [-0.25, -0.2) is 0 Å². The van der Waals surface area contributed by atoms with E-state index in [1.165, 1.54) is 18.5 Å². The molecule has 6 nitrogen and oxygen atoms in total. The second kappa shape index (κ2) is 8.56. The van der Waals surface area contributed by atoms with Crippen molar-refractivity contribution in [1.29, 1.82) is 0 Å². The molecule has 0 saturated carbocycles. The molecule has 0 radical (unpaired) electrons. The van der Waals surface area contributed by atoms with Gasteiger partial charge in [-0.3, -0.25) is 14.6 Å². The van der Waals surface area contributed by atoms with E-state index in [-0.39, 0.29) is 11.8 Å². The lowest BCUT2D eigenvalue weighted by molar-refractivity contribution is 0.0936. The average molecular weight is 392 g/mol. The number of methoxy groups -OCH3 is 1. The summed E-state index contributed by atoms with van der Waals surface area (Å²) in [6, 6.07) is 7.04. The molecule has 1 heterocycles. The fourth-order valence-corrected chi connectivity index (χ4v) is 2.31. The Balaban J connectivity index is 2.08. The van der Waals surface area contributed by atoms with E-state index in [2.05, 4.69) is 31.5 Å². The minimum absolute atomic E-state index is 0.299. The number of amides is 2. The van der Waals surface area contributed by atoms with Crippen LogP contribution in [0.15, 0.2) is 41.1 Å². The Morgan fingerprint density at radius 1 is 1.17 bits per heavy atom. The number of carbonyl (C=O) groups excluding carboxylic acids is 2. The molecule has 1 aromatic carbocycles. The lowest BCUT2D eigenvalue weighted by atomic mass is 10.1. The van der Waals surface area contributed by atoms with Crippen LogP contribution in [0.5, 0.6) is 0 Å². The number of anilines is 1. The van der Waals surface area contributed by atoms with Gasteiger partial charge < -0.3 is 15.4 Å². The van der Waals surface area contributed by atoms with Gasteiger partial charge in [-0.2, -0.15) is 0 Å². The fourth-order valence-electron chi connectivity index (χ4n) is 1.93. The van der Waals surface area contributed by atoms with Gasteiger partial charge in [0.1, 0.15) is 0 Å². The molecule has 2 aromatic rings. The predicted octanol–water partition coefficient (Wildman–Crippen LogP) is 2.78. The van der Waals surface area contributed by atoms with Crippen molar-refractivity contribution in [3.63, 3.8) is 0 Å². The summed E-state index contributed by atoms with van der Waals surface area (Å²) >= 11 is 3.43. The van der Waals surface area contributed by atoms with Gasteiger partial charge in [0, 0.05) is 36.2 Å². The number of ether oxygens (including phenoxy) is 1. The zero-order valence-electron chi connectivity index (χ0n) is 13.4. The molecule has 0 aliphatic rings. The first-order chi connectivity index (χ1) is 11.5. The molecule has 0 aliphatic carbocycles. The van der Waals surface area contributed by atoms with Crippen molar-refractivity contribution < 1.29 is 14.3 Å². The Kier molecular flexibility index (Phi) is 6.45. The summed E-state index contributed by atoms with van der Waals surface area (Å²) < 4.78 is 5.78. The topological polar surface area (TPSA) is 80.3 Å². The minimum Gasteiger partial charge on any atom is -0.383 e. The lowest BCUT2D eigenvalue weighted by Gasteiger charge is -2.08. The maximum Gasteiger partial charge on any atom is 0.257 e. The van der Waals surface area contributed by atoms with E-state index in [0.29, 0.717) is 30.0 Å². The second-order valence-electron chi connectivity index (χ2n) is 5.13. The smallest absolute Gasteiger partial charge is 0.257 e. The number of nitrogens with zero attached hydrogens (tertiary/aromatic N) is 1. The van der Waals surface area contributed by atoms with Crippen molar-refractivity contribution in [3.8, 4) is 0 Å². The maximum atomic E-state index is 12.3. The number of rotatable bonds is 6. The molecule has 0 spiro atoms. The number of pyridine rings is 1. The molecule has 0 aliphatic heterocycles. The summed E-state index contributed by atoms with van der Waals surface area (Å²) in [7, 11) is 1.56. The van der Waals surface area contributed by atoms with Gasteiger partial charge in [0.25, 0.3) is 11.8 Å². The number of nitrogens with one attached hydrogen (secondary N) is 2. The Bertz CT molecular complexity index is 750. The van der Waals surface area contributed by atoms with Crippen LogP contribution in [0, 0.1) is 6.92 Å². The Labute approximate surface area is 148 Å². The molecule has 0 saturated heterocycles. The number of benzene rings is 1. The molecule has 24 heavy (non-hydrogen) atoms. The molecule has 2 N–H and O–H groups in total. The predicted molar refractivity (Wildman–Crippen MR) is 95.3 cm³/mol. The highest BCUT2D eigenvalue weighted by atomic mass is 79.9. The van der Waals surface area contributed by atoms with Crippen molar-refractivity contribution in [2.45, 2.75) is 6.92 Å². The Morgan fingerprint density at radius 3 is 2.54 bits per heavy atom. The lowest BCUT2D eigenvalue weighted by Crippen LogP contribution is -2.27.